The lowest BCUT2D eigenvalue weighted by atomic mass is 10.1. The Labute approximate surface area is 182 Å². The topological polar surface area (TPSA) is 54.9 Å². The Balaban J connectivity index is 2.01. The number of hydrogen-bond acceptors (Lipinski definition) is 6. The number of carbonyl (C=O) groups excluding carboxylic acids is 1. The van der Waals surface area contributed by atoms with Crippen LogP contribution in [-0.4, -0.2) is 57.2 Å². The molecule has 160 valence electrons. The Morgan fingerprint density at radius 2 is 1.60 bits per heavy atom. The molecule has 0 aliphatic carbocycles. The number of hydrogen-bond donors (Lipinski definition) is 0. The molecule has 2 aromatic carbocycles. The molecule has 3 aromatic rings. The summed E-state index contributed by atoms with van der Waals surface area (Å²) in [6.07, 6.45) is 0.841. The van der Waals surface area contributed by atoms with E-state index in [0.29, 0.717) is 28.7 Å². The van der Waals surface area contributed by atoms with Crippen LogP contribution in [0.2, 0.25) is 0 Å². The van der Waals surface area contributed by atoms with Crippen LogP contribution in [0.3, 0.4) is 0 Å². The van der Waals surface area contributed by atoms with Gasteiger partial charge in [-0.2, -0.15) is 0 Å². The van der Waals surface area contributed by atoms with Gasteiger partial charge in [0.1, 0.15) is 11.5 Å². The second kappa shape index (κ2) is 9.45. The number of aryl methyl sites for hydroxylation is 2. The van der Waals surface area contributed by atoms with Crippen molar-refractivity contribution in [2.45, 2.75) is 20.3 Å². The molecule has 0 aliphatic heterocycles. The van der Waals surface area contributed by atoms with Crippen LogP contribution >= 0.6 is 11.3 Å². The summed E-state index contributed by atoms with van der Waals surface area (Å²) >= 11 is 1.55. The smallest absolute Gasteiger partial charge is 0.260 e. The van der Waals surface area contributed by atoms with E-state index in [1.54, 1.807) is 48.7 Å². The fraction of sp³-hybridized carbons (Fsp3) is 0.391. The highest BCUT2D eigenvalue weighted by Gasteiger charge is 2.22. The molecule has 1 aromatic heterocycles. The van der Waals surface area contributed by atoms with Crippen LogP contribution in [0.5, 0.6) is 11.5 Å². The number of carbonyl (C=O) groups is 1. The van der Waals surface area contributed by atoms with Gasteiger partial charge in [-0.3, -0.25) is 9.69 Å². The molecule has 1 heterocycles. The third kappa shape index (κ3) is 4.91. The van der Waals surface area contributed by atoms with E-state index in [9.17, 15) is 4.79 Å². The van der Waals surface area contributed by atoms with Gasteiger partial charge < -0.3 is 14.4 Å². The van der Waals surface area contributed by atoms with Gasteiger partial charge in [-0.1, -0.05) is 11.3 Å². The maximum absolute atomic E-state index is 13.5. The van der Waals surface area contributed by atoms with Gasteiger partial charge in [-0.15, -0.1) is 0 Å². The number of nitrogens with zero attached hydrogens (tertiary/aromatic N) is 3. The minimum atomic E-state index is -0.113. The Bertz CT molecular complexity index is 984. The maximum atomic E-state index is 13.5. The van der Waals surface area contributed by atoms with Crippen molar-refractivity contribution < 1.29 is 14.3 Å². The predicted octanol–water partition coefficient (Wildman–Crippen LogP) is 4.53. The third-order valence-corrected chi connectivity index (χ3v) is 6.10. The van der Waals surface area contributed by atoms with E-state index in [4.69, 9.17) is 14.5 Å². The van der Waals surface area contributed by atoms with Gasteiger partial charge in [0.25, 0.3) is 5.91 Å². The van der Waals surface area contributed by atoms with Crippen molar-refractivity contribution in [2.75, 3.05) is 46.3 Å². The Morgan fingerprint density at radius 3 is 2.20 bits per heavy atom. The number of aromatic nitrogens is 1. The summed E-state index contributed by atoms with van der Waals surface area (Å²) in [5.41, 5.74) is 3.86. The zero-order valence-electron chi connectivity index (χ0n) is 18.5. The molecule has 6 nitrogen and oxygen atoms in total. The van der Waals surface area contributed by atoms with Gasteiger partial charge in [0.2, 0.25) is 0 Å². The van der Waals surface area contributed by atoms with Gasteiger partial charge in [-0.05, 0) is 76.3 Å². The fourth-order valence-electron chi connectivity index (χ4n) is 3.20. The zero-order chi connectivity index (χ0) is 21.8. The number of ether oxygens (including phenoxy) is 2. The van der Waals surface area contributed by atoms with Crippen LogP contribution in [0, 0.1) is 13.8 Å². The molecule has 0 saturated carbocycles. The largest absolute Gasteiger partial charge is 0.497 e. The van der Waals surface area contributed by atoms with E-state index in [1.165, 1.54) is 11.1 Å². The van der Waals surface area contributed by atoms with Crippen LogP contribution in [0.25, 0.3) is 10.2 Å². The number of methoxy groups -OCH3 is 2. The third-order valence-electron chi connectivity index (χ3n) is 5.05. The van der Waals surface area contributed by atoms with E-state index in [1.807, 2.05) is 14.1 Å². The highest BCUT2D eigenvalue weighted by molar-refractivity contribution is 7.22. The normalized spacial score (nSPS) is 11.2. The molecule has 0 fully saturated rings. The van der Waals surface area contributed by atoms with Crippen LogP contribution in [-0.2, 0) is 0 Å². The van der Waals surface area contributed by atoms with E-state index < -0.39 is 0 Å². The van der Waals surface area contributed by atoms with Gasteiger partial charge in [0.05, 0.1) is 24.4 Å². The second-order valence-electron chi connectivity index (χ2n) is 7.62. The standard InChI is InChI=1S/C23H29N3O3S/c1-15-10-20-21(11-16(15)2)30-23(24-20)26(9-7-8-25(3)4)22(27)17-12-18(28-5)14-19(13-17)29-6/h10-14H,7-9H2,1-6H3. The molecular formula is C23H29N3O3S. The Kier molecular flexibility index (Phi) is 6.95. The highest BCUT2D eigenvalue weighted by atomic mass is 32.1. The summed E-state index contributed by atoms with van der Waals surface area (Å²) in [5.74, 6) is 1.06. The molecule has 0 aliphatic rings. The second-order valence-corrected chi connectivity index (χ2v) is 8.62. The van der Waals surface area contributed by atoms with Crippen molar-refractivity contribution in [3.63, 3.8) is 0 Å². The molecule has 0 saturated heterocycles. The van der Waals surface area contributed by atoms with Crippen LogP contribution in [0.4, 0.5) is 5.13 Å². The lowest BCUT2D eigenvalue weighted by Gasteiger charge is -2.21. The summed E-state index contributed by atoms with van der Waals surface area (Å²) in [6, 6.07) is 9.47. The molecule has 7 heteroatoms. The molecule has 0 radical (unpaired) electrons. The fourth-order valence-corrected chi connectivity index (χ4v) is 4.27. The summed E-state index contributed by atoms with van der Waals surface area (Å²) in [6.45, 7) is 5.63. The van der Waals surface area contributed by atoms with Crippen LogP contribution in [0.1, 0.15) is 27.9 Å². The van der Waals surface area contributed by atoms with Crippen molar-refractivity contribution in [3.05, 3.63) is 47.0 Å². The molecule has 0 N–H and O–H groups in total. The van der Waals surface area contributed by atoms with Crippen molar-refractivity contribution in [1.82, 2.24) is 9.88 Å². The van der Waals surface area contributed by atoms with Crippen molar-refractivity contribution in [3.8, 4) is 11.5 Å². The average molecular weight is 428 g/mol. The summed E-state index contributed by atoms with van der Waals surface area (Å²) in [7, 11) is 7.22. The summed E-state index contributed by atoms with van der Waals surface area (Å²) < 4.78 is 11.8. The quantitative estimate of drug-likeness (QED) is 0.529. The van der Waals surface area contributed by atoms with Gasteiger partial charge in [0, 0.05) is 18.2 Å². The van der Waals surface area contributed by atoms with E-state index in [2.05, 4.69) is 30.9 Å². The monoisotopic (exact) mass is 427 g/mol. The van der Waals surface area contributed by atoms with E-state index in [-0.39, 0.29) is 5.91 Å². The number of benzene rings is 2. The molecular weight excluding hydrogens is 398 g/mol. The molecule has 0 bridgehead atoms. The lowest BCUT2D eigenvalue weighted by molar-refractivity contribution is 0.0985. The number of fused-ring (bicyclic) bond motifs is 1. The van der Waals surface area contributed by atoms with E-state index in [0.717, 1.165) is 23.2 Å². The first-order valence-corrected chi connectivity index (χ1v) is 10.7. The maximum Gasteiger partial charge on any atom is 0.260 e. The number of amides is 1. The highest BCUT2D eigenvalue weighted by Crippen LogP contribution is 2.32. The minimum absolute atomic E-state index is 0.113. The number of thiazole rings is 1. The lowest BCUT2D eigenvalue weighted by Crippen LogP contribution is -2.33. The molecule has 1 amide bonds. The molecule has 3 rings (SSSR count). The number of anilines is 1. The predicted molar refractivity (Wildman–Crippen MR) is 123 cm³/mol. The molecule has 0 atom stereocenters. The Hall–Kier alpha value is -2.64. The Morgan fingerprint density at radius 1 is 0.967 bits per heavy atom. The van der Waals surface area contributed by atoms with Crippen molar-refractivity contribution in [1.29, 1.82) is 0 Å². The summed E-state index contributed by atoms with van der Waals surface area (Å²) in [4.78, 5) is 22.2. The van der Waals surface area contributed by atoms with Crippen LogP contribution in [0.15, 0.2) is 30.3 Å². The molecule has 0 unspecified atom stereocenters. The minimum Gasteiger partial charge on any atom is -0.497 e. The first kappa shape index (κ1) is 22.1. The first-order valence-electron chi connectivity index (χ1n) is 9.90. The van der Waals surface area contributed by atoms with Crippen molar-refractivity contribution in [2.24, 2.45) is 0 Å². The molecule has 0 spiro atoms. The number of rotatable bonds is 8. The average Bonchev–Trinajstić information content (AvgIpc) is 3.12. The van der Waals surface area contributed by atoms with Crippen LogP contribution < -0.4 is 14.4 Å². The van der Waals surface area contributed by atoms with Gasteiger partial charge in [0.15, 0.2) is 5.13 Å². The van der Waals surface area contributed by atoms with Crippen molar-refractivity contribution >= 4 is 32.6 Å². The zero-order valence-corrected chi connectivity index (χ0v) is 19.3. The van der Waals surface area contributed by atoms with Gasteiger partial charge in [-0.25, -0.2) is 4.98 Å². The van der Waals surface area contributed by atoms with Gasteiger partial charge >= 0.3 is 0 Å². The molecule has 30 heavy (non-hydrogen) atoms. The van der Waals surface area contributed by atoms with E-state index >= 15 is 0 Å². The first-order chi connectivity index (χ1) is 14.3. The SMILES string of the molecule is COc1cc(OC)cc(C(=O)N(CCCN(C)C)c2nc3cc(C)c(C)cc3s2)c1. The summed E-state index contributed by atoms with van der Waals surface area (Å²) in [5, 5.41) is 0.709.